The van der Waals surface area contributed by atoms with Crippen molar-refractivity contribution in [3.05, 3.63) is 27.0 Å². The lowest BCUT2D eigenvalue weighted by Crippen LogP contribution is -2.46. The van der Waals surface area contributed by atoms with Gasteiger partial charge in [-0.2, -0.15) is 9.78 Å². The largest absolute Gasteiger partial charge is 0.391 e. The molecule has 0 radical (unpaired) electrons. The van der Waals surface area contributed by atoms with Crippen LogP contribution in [0.25, 0.3) is 0 Å². The minimum absolute atomic E-state index is 0.480. The summed E-state index contributed by atoms with van der Waals surface area (Å²) < 4.78 is 20.5. The fourth-order valence-corrected chi connectivity index (χ4v) is 2.20. The molecule has 2 unspecified atom stereocenters. The highest BCUT2D eigenvalue weighted by Crippen LogP contribution is 2.41. The Kier molecular flexibility index (Phi) is 4.15. The number of hydrogen-bond acceptors (Lipinski definition) is 6. The Balaban J connectivity index is 2.56. The van der Waals surface area contributed by atoms with Gasteiger partial charge >= 0.3 is 5.69 Å². The van der Waals surface area contributed by atoms with Crippen LogP contribution in [0.2, 0.25) is 0 Å². The molecular formula is C11H11ClFN3O5. The molecular weight excluding hydrogens is 309 g/mol. The van der Waals surface area contributed by atoms with Crippen molar-refractivity contribution < 1.29 is 19.3 Å². The van der Waals surface area contributed by atoms with Gasteiger partial charge in [-0.05, 0) is 24.4 Å². The molecule has 5 atom stereocenters. The van der Waals surface area contributed by atoms with Crippen LogP contribution in [0.5, 0.6) is 0 Å². The predicted octanol–water partition coefficient (Wildman–Crippen LogP) is -1.52. The Hall–Kier alpha value is -1.73. The van der Waals surface area contributed by atoms with Gasteiger partial charge in [0.05, 0.1) is 6.10 Å². The van der Waals surface area contributed by atoms with Crippen LogP contribution in [0, 0.1) is 11.3 Å². The number of hydrogen-bond donors (Lipinski definition) is 3. The van der Waals surface area contributed by atoms with Gasteiger partial charge in [0.25, 0.3) is 5.56 Å². The lowest BCUT2D eigenvalue weighted by molar-refractivity contribution is -0.0850. The highest BCUT2D eigenvalue weighted by atomic mass is 35.5. The maximum Gasteiger partial charge on any atom is 0.347 e. The molecule has 0 aromatic carbocycles. The number of ether oxygens (including phenoxy) is 1. The first kappa shape index (κ1) is 15.7. The second-order valence-corrected chi connectivity index (χ2v) is 4.70. The van der Waals surface area contributed by atoms with Gasteiger partial charge in [-0.1, -0.05) is 0 Å². The molecule has 8 nitrogen and oxygen atoms in total. The second kappa shape index (κ2) is 5.57. The molecule has 1 aliphatic heterocycles. The topological polar surface area (TPSA) is 117 Å². The fourth-order valence-electron chi connectivity index (χ4n) is 2.06. The Morgan fingerprint density at radius 2 is 2.33 bits per heavy atom. The zero-order chi connectivity index (χ0) is 15.8. The van der Waals surface area contributed by atoms with Gasteiger partial charge in [0, 0.05) is 5.38 Å². The van der Waals surface area contributed by atoms with E-state index in [1.54, 1.807) is 5.38 Å². The first-order valence-electron chi connectivity index (χ1n) is 5.82. The number of aliphatic hydroxyl groups is 2. The van der Waals surface area contributed by atoms with Gasteiger partial charge in [0.2, 0.25) is 11.9 Å². The van der Waals surface area contributed by atoms with Crippen molar-refractivity contribution in [2.45, 2.75) is 37.1 Å². The van der Waals surface area contributed by atoms with Crippen molar-refractivity contribution in [2.24, 2.45) is 0 Å². The highest BCUT2D eigenvalue weighted by molar-refractivity contribution is 6.30. The molecule has 3 N–H and O–H groups in total. The molecule has 114 valence electrons. The third-order valence-electron chi connectivity index (χ3n) is 3.06. The SMILES string of the molecule is C[C@H](O)[C@H]1O[C@@H](n2ncc(=O)[nH]c2=O)C(F)(C#CCl)C1O. The summed E-state index contributed by atoms with van der Waals surface area (Å²) in [6.07, 6.45) is -5.49. The first-order chi connectivity index (χ1) is 9.81. The van der Waals surface area contributed by atoms with E-state index in [-0.39, 0.29) is 0 Å². The average Bonchev–Trinajstić information content (AvgIpc) is 2.64. The number of alkyl halides is 1. The molecule has 1 fully saturated rings. The normalized spacial score (nSPS) is 33.3. The van der Waals surface area contributed by atoms with Crippen molar-refractivity contribution in [3.63, 3.8) is 0 Å². The summed E-state index contributed by atoms with van der Waals surface area (Å²) in [6.45, 7) is 1.27. The van der Waals surface area contributed by atoms with Crippen LogP contribution in [-0.2, 0) is 4.74 Å². The van der Waals surface area contributed by atoms with E-state index in [0.29, 0.717) is 4.68 Å². The van der Waals surface area contributed by atoms with Crippen LogP contribution in [0.3, 0.4) is 0 Å². The Labute approximate surface area is 122 Å². The number of H-pyrrole nitrogens is 1. The van der Waals surface area contributed by atoms with E-state index < -0.39 is 41.5 Å². The summed E-state index contributed by atoms with van der Waals surface area (Å²) in [5.41, 5.74) is -4.61. The van der Waals surface area contributed by atoms with Gasteiger partial charge < -0.3 is 14.9 Å². The average molecular weight is 320 g/mol. The van der Waals surface area contributed by atoms with E-state index in [1.807, 2.05) is 10.9 Å². The Morgan fingerprint density at radius 1 is 1.67 bits per heavy atom. The Bertz CT molecular complexity index is 708. The summed E-state index contributed by atoms with van der Waals surface area (Å²) in [7, 11) is 0. The van der Waals surface area contributed by atoms with Gasteiger partial charge in [0.15, 0.2) is 0 Å². The van der Waals surface area contributed by atoms with Crippen molar-refractivity contribution in [1.29, 1.82) is 0 Å². The van der Waals surface area contributed by atoms with E-state index in [0.717, 1.165) is 6.20 Å². The van der Waals surface area contributed by atoms with Gasteiger partial charge in [-0.15, -0.1) is 0 Å². The summed E-state index contributed by atoms with van der Waals surface area (Å²) in [4.78, 5) is 24.5. The molecule has 1 aliphatic rings. The molecule has 0 saturated carbocycles. The zero-order valence-corrected chi connectivity index (χ0v) is 11.4. The third-order valence-corrected chi connectivity index (χ3v) is 3.16. The quantitative estimate of drug-likeness (QED) is 0.570. The van der Waals surface area contributed by atoms with Crippen LogP contribution in [-0.4, -0.2) is 49.0 Å². The van der Waals surface area contributed by atoms with Crippen molar-refractivity contribution >= 4 is 11.6 Å². The molecule has 0 spiro atoms. The van der Waals surface area contributed by atoms with Crippen LogP contribution in [0.4, 0.5) is 4.39 Å². The number of aromatic amines is 1. The number of nitrogens with one attached hydrogen (secondary N) is 1. The van der Waals surface area contributed by atoms with E-state index in [4.69, 9.17) is 16.3 Å². The second-order valence-electron chi connectivity index (χ2n) is 4.51. The minimum Gasteiger partial charge on any atom is -0.391 e. The molecule has 0 bridgehead atoms. The standard InChI is InChI=1S/C11H11ClFN3O5/c1-5(17)7-8(19)11(13,2-3-12)9(21-7)16-10(20)15-6(18)4-14-16/h4-5,7-9,17,19H,1H3,(H,15,18,20)/t5-,7+,8?,9+,11?/m0/s1. The number of aliphatic hydroxyl groups excluding tert-OH is 2. The molecule has 1 aromatic heterocycles. The smallest absolute Gasteiger partial charge is 0.347 e. The fraction of sp³-hybridized carbons (Fsp3) is 0.545. The van der Waals surface area contributed by atoms with Crippen LogP contribution >= 0.6 is 11.6 Å². The van der Waals surface area contributed by atoms with E-state index in [2.05, 4.69) is 5.10 Å². The van der Waals surface area contributed by atoms with E-state index >= 15 is 0 Å². The highest BCUT2D eigenvalue weighted by Gasteiger charge is 2.59. The summed E-state index contributed by atoms with van der Waals surface area (Å²) in [5, 5.41) is 24.7. The number of nitrogens with zero attached hydrogens (tertiary/aromatic N) is 2. The molecule has 0 aliphatic carbocycles. The number of rotatable bonds is 2. The minimum atomic E-state index is -2.78. The summed E-state index contributed by atoms with van der Waals surface area (Å²) >= 11 is 5.19. The van der Waals surface area contributed by atoms with E-state index in [9.17, 15) is 24.2 Å². The Morgan fingerprint density at radius 3 is 2.86 bits per heavy atom. The lowest BCUT2D eigenvalue weighted by atomic mass is 9.95. The summed E-state index contributed by atoms with van der Waals surface area (Å²) in [5.74, 6) is 1.92. The van der Waals surface area contributed by atoms with Crippen molar-refractivity contribution in [3.8, 4) is 11.3 Å². The van der Waals surface area contributed by atoms with Gasteiger partial charge in [-0.25, -0.2) is 9.18 Å². The van der Waals surface area contributed by atoms with Crippen molar-refractivity contribution in [1.82, 2.24) is 14.8 Å². The molecule has 10 heteroatoms. The molecule has 0 amide bonds. The molecule has 21 heavy (non-hydrogen) atoms. The van der Waals surface area contributed by atoms with Crippen LogP contribution in [0.1, 0.15) is 13.2 Å². The number of halogens is 2. The maximum atomic E-state index is 14.9. The molecule has 1 aromatic rings. The van der Waals surface area contributed by atoms with Crippen LogP contribution in [0.15, 0.2) is 15.8 Å². The predicted molar refractivity (Wildman–Crippen MR) is 68.2 cm³/mol. The van der Waals surface area contributed by atoms with Crippen molar-refractivity contribution in [2.75, 3.05) is 0 Å². The zero-order valence-electron chi connectivity index (χ0n) is 10.7. The van der Waals surface area contributed by atoms with Crippen LogP contribution < -0.4 is 11.2 Å². The van der Waals surface area contributed by atoms with Gasteiger partial charge in [0.1, 0.15) is 18.4 Å². The maximum absolute atomic E-state index is 14.9. The molecule has 2 heterocycles. The molecule has 2 rings (SSSR count). The molecule has 1 saturated heterocycles. The van der Waals surface area contributed by atoms with E-state index in [1.165, 1.54) is 6.92 Å². The number of aromatic nitrogens is 3. The monoisotopic (exact) mass is 319 g/mol. The lowest BCUT2D eigenvalue weighted by Gasteiger charge is -2.22. The third kappa shape index (κ3) is 2.58. The summed E-state index contributed by atoms with van der Waals surface area (Å²) in [6, 6.07) is 0. The first-order valence-corrected chi connectivity index (χ1v) is 6.20. The van der Waals surface area contributed by atoms with Gasteiger partial charge in [-0.3, -0.25) is 9.78 Å².